The molecule has 0 radical (unpaired) electrons. The number of nitrogens with zero attached hydrogens (tertiary/aromatic N) is 3. The summed E-state index contributed by atoms with van der Waals surface area (Å²) in [5.41, 5.74) is 9.54. The van der Waals surface area contributed by atoms with Crippen LogP contribution in [0, 0.1) is 10.5 Å². The maximum Gasteiger partial charge on any atom is 0.335 e. The van der Waals surface area contributed by atoms with Crippen LogP contribution in [0.1, 0.15) is 15.9 Å². The van der Waals surface area contributed by atoms with E-state index in [1.807, 2.05) is 22.6 Å². The molecule has 0 bridgehead atoms. The van der Waals surface area contributed by atoms with Crippen LogP contribution >= 0.6 is 22.6 Å². The number of carboxylic acid groups (broad SMARTS) is 1. The van der Waals surface area contributed by atoms with Crippen LogP contribution in [0.25, 0.3) is 10.4 Å². The van der Waals surface area contributed by atoms with Crippen LogP contribution in [0.3, 0.4) is 0 Å². The van der Waals surface area contributed by atoms with Crippen molar-refractivity contribution < 1.29 is 9.90 Å². The lowest BCUT2D eigenvalue weighted by atomic mass is 10.1. The molecule has 0 amide bonds. The zero-order chi connectivity index (χ0) is 10.7. The van der Waals surface area contributed by atoms with Gasteiger partial charge in [0, 0.05) is 14.2 Å². The van der Waals surface area contributed by atoms with Gasteiger partial charge >= 0.3 is 5.97 Å². The Kier molecular flexibility index (Phi) is 3.32. The van der Waals surface area contributed by atoms with Gasteiger partial charge in [0.15, 0.2) is 0 Å². The second kappa shape index (κ2) is 4.30. The Morgan fingerprint density at radius 3 is 2.79 bits per heavy atom. The lowest BCUT2D eigenvalue weighted by Gasteiger charge is -2.03. The van der Waals surface area contributed by atoms with Gasteiger partial charge in [-0.05, 0) is 52.7 Å². The van der Waals surface area contributed by atoms with E-state index in [-0.39, 0.29) is 5.56 Å². The van der Waals surface area contributed by atoms with E-state index in [2.05, 4.69) is 10.0 Å². The molecule has 0 unspecified atom stereocenters. The Balaban J connectivity index is 3.42. The largest absolute Gasteiger partial charge is 0.478 e. The highest BCUT2D eigenvalue weighted by Crippen LogP contribution is 2.25. The molecule has 1 rings (SSSR count). The SMILES string of the molecule is Cc1c(I)cc(C(=O)O)cc1N=[N+]=[N-]. The molecule has 0 atom stereocenters. The summed E-state index contributed by atoms with van der Waals surface area (Å²) in [6.07, 6.45) is 0. The van der Waals surface area contributed by atoms with E-state index in [0.29, 0.717) is 5.69 Å². The predicted molar refractivity (Wildman–Crippen MR) is 59.7 cm³/mol. The van der Waals surface area contributed by atoms with Crippen molar-refractivity contribution in [2.24, 2.45) is 5.11 Å². The van der Waals surface area contributed by atoms with Gasteiger partial charge in [-0.25, -0.2) is 4.79 Å². The molecule has 0 aliphatic rings. The minimum absolute atomic E-state index is 0.127. The molecule has 14 heavy (non-hydrogen) atoms. The normalized spacial score (nSPS) is 9.29. The molecule has 1 N–H and O–H groups in total. The summed E-state index contributed by atoms with van der Waals surface area (Å²) < 4.78 is 0.768. The van der Waals surface area contributed by atoms with Crippen LogP contribution in [-0.2, 0) is 0 Å². The first-order valence-electron chi connectivity index (χ1n) is 3.65. The molecule has 0 saturated carbocycles. The van der Waals surface area contributed by atoms with Crippen molar-refractivity contribution in [1.82, 2.24) is 0 Å². The molecule has 1 aromatic carbocycles. The number of carboxylic acids is 1. The third kappa shape index (κ3) is 2.15. The van der Waals surface area contributed by atoms with Crippen molar-refractivity contribution in [3.63, 3.8) is 0 Å². The average Bonchev–Trinajstić information content (AvgIpc) is 2.12. The maximum absolute atomic E-state index is 10.7. The van der Waals surface area contributed by atoms with Gasteiger partial charge < -0.3 is 5.11 Å². The van der Waals surface area contributed by atoms with Crippen LogP contribution in [0.2, 0.25) is 0 Å². The van der Waals surface area contributed by atoms with Crippen molar-refractivity contribution in [2.45, 2.75) is 6.92 Å². The molecule has 1 aromatic rings. The number of hydrogen-bond donors (Lipinski definition) is 1. The first kappa shape index (κ1) is 10.8. The lowest BCUT2D eigenvalue weighted by Crippen LogP contribution is -1.97. The quantitative estimate of drug-likeness (QED) is 0.393. The van der Waals surface area contributed by atoms with Crippen LogP contribution < -0.4 is 0 Å². The molecule has 0 spiro atoms. The Bertz CT molecular complexity index is 438. The summed E-state index contributed by atoms with van der Waals surface area (Å²) >= 11 is 2.00. The molecular weight excluding hydrogens is 297 g/mol. The number of benzene rings is 1. The van der Waals surface area contributed by atoms with E-state index < -0.39 is 5.97 Å². The third-order valence-corrected chi connectivity index (χ3v) is 2.84. The predicted octanol–water partition coefficient (Wildman–Crippen LogP) is 3.24. The van der Waals surface area contributed by atoms with Crippen LogP contribution in [-0.4, -0.2) is 11.1 Å². The van der Waals surface area contributed by atoms with Crippen molar-refractivity contribution in [2.75, 3.05) is 0 Å². The van der Waals surface area contributed by atoms with Crippen molar-refractivity contribution in [3.05, 3.63) is 37.3 Å². The molecule has 0 fully saturated rings. The third-order valence-electron chi connectivity index (χ3n) is 1.72. The molecule has 72 valence electrons. The summed E-state index contributed by atoms with van der Waals surface area (Å²) in [6.45, 7) is 1.78. The highest BCUT2D eigenvalue weighted by atomic mass is 127. The first-order chi connectivity index (χ1) is 6.56. The van der Waals surface area contributed by atoms with Gasteiger partial charge in [0.2, 0.25) is 0 Å². The number of aromatic carboxylic acids is 1. The van der Waals surface area contributed by atoms with E-state index in [4.69, 9.17) is 10.6 Å². The average molecular weight is 303 g/mol. The van der Waals surface area contributed by atoms with Crippen LogP contribution in [0.5, 0.6) is 0 Å². The number of halogens is 1. The minimum Gasteiger partial charge on any atom is -0.478 e. The summed E-state index contributed by atoms with van der Waals surface area (Å²) in [5.74, 6) is -1.03. The highest BCUT2D eigenvalue weighted by Gasteiger charge is 2.08. The zero-order valence-corrected chi connectivity index (χ0v) is 9.39. The van der Waals surface area contributed by atoms with E-state index in [0.717, 1.165) is 9.13 Å². The second-order valence-electron chi connectivity index (χ2n) is 2.60. The highest BCUT2D eigenvalue weighted by molar-refractivity contribution is 14.1. The van der Waals surface area contributed by atoms with E-state index >= 15 is 0 Å². The number of rotatable bonds is 2. The van der Waals surface area contributed by atoms with E-state index in [1.165, 1.54) is 12.1 Å². The Morgan fingerprint density at radius 2 is 2.29 bits per heavy atom. The zero-order valence-electron chi connectivity index (χ0n) is 7.23. The van der Waals surface area contributed by atoms with E-state index in [1.54, 1.807) is 6.92 Å². The Labute approximate surface area is 93.5 Å². The standard InChI is InChI=1S/C8H6IN3O2/c1-4-6(9)2-5(8(13)14)3-7(4)11-12-10/h2-3H,1H3,(H,13,14). The van der Waals surface area contributed by atoms with Gasteiger partial charge in [-0.1, -0.05) is 5.11 Å². The fourth-order valence-electron chi connectivity index (χ4n) is 0.940. The van der Waals surface area contributed by atoms with Gasteiger partial charge in [0.25, 0.3) is 0 Å². The summed E-state index contributed by atoms with van der Waals surface area (Å²) in [5, 5.41) is 12.2. The van der Waals surface area contributed by atoms with Crippen LogP contribution in [0.4, 0.5) is 5.69 Å². The molecule has 0 aliphatic heterocycles. The Morgan fingerprint density at radius 1 is 1.64 bits per heavy atom. The molecule has 0 aromatic heterocycles. The molecule has 5 nitrogen and oxygen atoms in total. The lowest BCUT2D eigenvalue weighted by molar-refractivity contribution is 0.0697. The van der Waals surface area contributed by atoms with Crippen LogP contribution in [0.15, 0.2) is 17.2 Å². The Hall–Kier alpha value is -1.27. The minimum atomic E-state index is -1.03. The molecule has 6 heteroatoms. The second-order valence-corrected chi connectivity index (χ2v) is 3.76. The number of azide groups is 1. The summed E-state index contributed by atoms with van der Waals surface area (Å²) in [6, 6.07) is 2.90. The molecule has 0 aliphatic carbocycles. The first-order valence-corrected chi connectivity index (χ1v) is 4.72. The van der Waals surface area contributed by atoms with Crippen molar-refractivity contribution in [1.29, 1.82) is 0 Å². The van der Waals surface area contributed by atoms with Gasteiger partial charge in [-0.2, -0.15) is 0 Å². The fraction of sp³-hybridized carbons (Fsp3) is 0.125. The topological polar surface area (TPSA) is 86.1 Å². The summed E-state index contributed by atoms with van der Waals surface area (Å²) in [7, 11) is 0. The summed E-state index contributed by atoms with van der Waals surface area (Å²) in [4.78, 5) is 13.3. The monoisotopic (exact) mass is 303 g/mol. The molecular formula is C8H6IN3O2. The van der Waals surface area contributed by atoms with Crippen molar-refractivity contribution >= 4 is 34.2 Å². The molecule has 0 saturated heterocycles. The van der Waals surface area contributed by atoms with Crippen molar-refractivity contribution in [3.8, 4) is 0 Å². The van der Waals surface area contributed by atoms with Gasteiger partial charge in [0.1, 0.15) is 0 Å². The van der Waals surface area contributed by atoms with Gasteiger partial charge in [0.05, 0.1) is 5.56 Å². The smallest absolute Gasteiger partial charge is 0.335 e. The fourth-order valence-corrected chi connectivity index (χ4v) is 1.55. The maximum atomic E-state index is 10.7. The van der Waals surface area contributed by atoms with E-state index in [9.17, 15) is 4.79 Å². The number of hydrogen-bond acceptors (Lipinski definition) is 2. The van der Waals surface area contributed by atoms with Gasteiger partial charge in [-0.3, -0.25) is 0 Å². The number of carbonyl (C=O) groups is 1. The van der Waals surface area contributed by atoms with Gasteiger partial charge in [-0.15, -0.1) is 0 Å². The molecule has 0 heterocycles.